The molecular weight excluding hydrogens is 270 g/mol. The molecule has 1 aromatic carbocycles. The molecule has 0 aliphatic rings. The van der Waals surface area contributed by atoms with Gasteiger partial charge >= 0.3 is 0 Å². The van der Waals surface area contributed by atoms with E-state index in [9.17, 15) is 4.79 Å². The SMILES string of the molecule is O=C(NCc1nc(Cc2ccccc2)no1)c1ccn[nH]1. The van der Waals surface area contributed by atoms with Gasteiger partial charge in [0.1, 0.15) is 5.69 Å². The first-order chi connectivity index (χ1) is 10.3. The van der Waals surface area contributed by atoms with Crippen molar-refractivity contribution in [3.8, 4) is 0 Å². The summed E-state index contributed by atoms with van der Waals surface area (Å²) in [5.41, 5.74) is 1.49. The summed E-state index contributed by atoms with van der Waals surface area (Å²) in [6.45, 7) is 0.180. The molecule has 7 nitrogen and oxygen atoms in total. The van der Waals surface area contributed by atoms with Gasteiger partial charge in [-0.3, -0.25) is 9.89 Å². The van der Waals surface area contributed by atoms with E-state index in [1.807, 2.05) is 30.3 Å². The summed E-state index contributed by atoms with van der Waals surface area (Å²) in [7, 11) is 0. The van der Waals surface area contributed by atoms with Gasteiger partial charge in [-0.15, -0.1) is 0 Å². The number of hydrogen-bond acceptors (Lipinski definition) is 5. The highest BCUT2D eigenvalue weighted by Gasteiger charge is 2.10. The Morgan fingerprint density at radius 2 is 2.10 bits per heavy atom. The molecule has 0 bridgehead atoms. The van der Waals surface area contributed by atoms with Gasteiger partial charge in [-0.1, -0.05) is 35.5 Å². The van der Waals surface area contributed by atoms with E-state index >= 15 is 0 Å². The standard InChI is InChI=1S/C14H13N5O2/c20-14(11-6-7-16-18-11)15-9-13-17-12(19-21-13)8-10-4-2-1-3-5-10/h1-7H,8-9H2,(H,15,20)(H,16,18). The number of H-pyrrole nitrogens is 1. The maximum absolute atomic E-state index is 11.7. The average molecular weight is 283 g/mol. The Morgan fingerprint density at radius 3 is 2.86 bits per heavy atom. The minimum absolute atomic E-state index is 0.180. The Labute approximate surface area is 120 Å². The van der Waals surface area contributed by atoms with E-state index in [1.165, 1.54) is 6.20 Å². The first-order valence-corrected chi connectivity index (χ1v) is 6.44. The van der Waals surface area contributed by atoms with Crippen molar-refractivity contribution in [2.75, 3.05) is 0 Å². The molecule has 0 saturated carbocycles. The van der Waals surface area contributed by atoms with Crippen LogP contribution in [-0.2, 0) is 13.0 Å². The van der Waals surface area contributed by atoms with Crippen molar-refractivity contribution < 1.29 is 9.32 Å². The topological polar surface area (TPSA) is 96.7 Å². The van der Waals surface area contributed by atoms with E-state index in [0.717, 1.165) is 5.56 Å². The van der Waals surface area contributed by atoms with Crippen LogP contribution in [0.1, 0.15) is 27.8 Å². The highest BCUT2D eigenvalue weighted by atomic mass is 16.5. The van der Waals surface area contributed by atoms with Gasteiger partial charge in [0.15, 0.2) is 5.82 Å². The Bertz CT molecular complexity index is 706. The maximum atomic E-state index is 11.7. The van der Waals surface area contributed by atoms with E-state index in [0.29, 0.717) is 23.8 Å². The van der Waals surface area contributed by atoms with Gasteiger partial charge in [0.2, 0.25) is 5.89 Å². The largest absolute Gasteiger partial charge is 0.342 e. The van der Waals surface area contributed by atoms with Crippen LogP contribution in [0, 0.1) is 0 Å². The Kier molecular flexibility index (Phi) is 3.72. The van der Waals surface area contributed by atoms with Gasteiger partial charge in [-0.2, -0.15) is 10.1 Å². The lowest BCUT2D eigenvalue weighted by atomic mass is 10.1. The Morgan fingerprint density at radius 1 is 1.24 bits per heavy atom. The number of rotatable bonds is 5. The lowest BCUT2D eigenvalue weighted by molar-refractivity contribution is 0.0941. The third-order valence-electron chi connectivity index (χ3n) is 2.86. The van der Waals surface area contributed by atoms with E-state index in [2.05, 4.69) is 25.7 Å². The number of carbonyl (C=O) groups excluding carboxylic acids is 1. The molecule has 21 heavy (non-hydrogen) atoms. The minimum Gasteiger partial charge on any atom is -0.342 e. The van der Waals surface area contributed by atoms with Crippen LogP contribution in [0.15, 0.2) is 47.1 Å². The van der Waals surface area contributed by atoms with Gasteiger partial charge in [0.25, 0.3) is 5.91 Å². The van der Waals surface area contributed by atoms with Crippen LogP contribution in [0.4, 0.5) is 0 Å². The second kappa shape index (κ2) is 6.00. The molecule has 2 aromatic heterocycles. The van der Waals surface area contributed by atoms with E-state index in [-0.39, 0.29) is 12.5 Å². The van der Waals surface area contributed by atoms with Crippen molar-refractivity contribution in [3.05, 3.63) is 65.6 Å². The molecule has 3 aromatic rings. The zero-order chi connectivity index (χ0) is 14.5. The van der Waals surface area contributed by atoms with Gasteiger partial charge in [0, 0.05) is 12.6 Å². The van der Waals surface area contributed by atoms with Crippen molar-refractivity contribution >= 4 is 5.91 Å². The van der Waals surface area contributed by atoms with Crippen LogP contribution >= 0.6 is 0 Å². The van der Waals surface area contributed by atoms with Crippen LogP contribution in [0.5, 0.6) is 0 Å². The molecular formula is C14H13N5O2. The highest BCUT2D eigenvalue weighted by molar-refractivity contribution is 5.91. The molecule has 2 N–H and O–H groups in total. The summed E-state index contributed by atoms with van der Waals surface area (Å²) in [4.78, 5) is 15.9. The van der Waals surface area contributed by atoms with E-state index in [1.54, 1.807) is 6.07 Å². The quantitative estimate of drug-likeness (QED) is 0.736. The lowest BCUT2D eigenvalue weighted by Gasteiger charge is -1.98. The van der Waals surface area contributed by atoms with Crippen LogP contribution in [0.2, 0.25) is 0 Å². The average Bonchev–Trinajstić information content (AvgIpc) is 3.17. The number of nitrogens with one attached hydrogen (secondary N) is 2. The summed E-state index contributed by atoms with van der Waals surface area (Å²) < 4.78 is 5.10. The smallest absolute Gasteiger partial charge is 0.269 e. The molecule has 0 aliphatic carbocycles. The van der Waals surface area contributed by atoms with Crippen molar-refractivity contribution in [1.82, 2.24) is 25.7 Å². The maximum Gasteiger partial charge on any atom is 0.269 e. The Hall–Kier alpha value is -2.96. The van der Waals surface area contributed by atoms with Crippen LogP contribution in [0.25, 0.3) is 0 Å². The number of nitrogens with zero attached hydrogens (tertiary/aromatic N) is 3. The van der Waals surface area contributed by atoms with Crippen LogP contribution in [0.3, 0.4) is 0 Å². The highest BCUT2D eigenvalue weighted by Crippen LogP contribution is 2.06. The monoisotopic (exact) mass is 283 g/mol. The predicted octanol–water partition coefficient (Wildman–Crippen LogP) is 1.31. The van der Waals surface area contributed by atoms with Gasteiger partial charge in [0.05, 0.1) is 6.54 Å². The summed E-state index contributed by atoms with van der Waals surface area (Å²) >= 11 is 0. The zero-order valence-corrected chi connectivity index (χ0v) is 11.1. The number of aromatic amines is 1. The predicted molar refractivity (Wildman–Crippen MR) is 73.3 cm³/mol. The van der Waals surface area contributed by atoms with Crippen molar-refractivity contribution in [3.63, 3.8) is 0 Å². The third kappa shape index (κ3) is 3.33. The van der Waals surface area contributed by atoms with Crippen molar-refractivity contribution in [1.29, 1.82) is 0 Å². The molecule has 0 atom stereocenters. The summed E-state index contributed by atoms with van der Waals surface area (Å²) in [6, 6.07) is 11.5. The van der Waals surface area contributed by atoms with E-state index < -0.39 is 0 Å². The summed E-state index contributed by atoms with van der Waals surface area (Å²) in [5, 5.41) is 12.9. The molecule has 0 unspecified atom stereocenters. The number of amides is 1. The molecule has 2 heterocycles. The second-order valence-electron chi connectivity index (χ2n) is 4.42. The molecule has 0 fully saturated rings. The summed E-state index contributed by atoms with van der Waals surface area (Å²) in [5.74, 6) is 0.691. The molecule has 3 rings (SSSR count). The van der Waals surface area contributed by atoms with Crippen molar-refractivity contribution in [2.24, 2.45) is 0 Å². The first kappa shape index (κ1) is 13.0. The van der Waals surface area contributed by atoms with Gasteiger partial charge in [-0.25, -0.2) is 0 Å². The normalized spacial score (nSPS) is 10.5. The second-order valence-corrected chi connectivity index (χ2v) is 4.42. The Balaban J connectivity index is 1.57. The molecule has 0 spiro atoms. The lowest BCUT2D eigenvalue weighted by Crippen LogP contribution is -2.23. The van der Waals surface area contributed by atoms with Gasteiger partial charge in [-0.05, 0) is 11.6 Å². The number of benzene rings is 1. The van der Waals surface area contributed by atoms with Crippen LogP contribution < -0.4 is 5.32 Å². The fraction of sp³-hybridized carbons (Fsp3) is 0.143. The first-order valence-electron chi connectivity index (χ1n) is 6.44. The molecule has 7 heteroatoms. The molecule has 1 amide bonds. The zero-order valence-electron chi connectivity index (χ0n) is 11.1. The number of carbonyl (C=O) groups is 1. The van der Waals surface area contributed by atoms with Crippen LogP contribution in [-0.4, -0.2) is 26.2 Å². The number of aromatic nitrogens is 4. The molecule has 0 aliphatic heterocycles. The fourth-order valence-electron chi connectivity index (χ4n) is 1.85. The molecule has 0 radical (unpaired) electrons. The minimum atomic E-state index is -0.268. The molecule has 0 saturated heterocycles. The van der Waals surface area contributed by atoms with E-state index in [4.69, 9.17) is 4.52 Å². The fourth-order valence-corrected chi connectivity index (χ4v) is 1.85. The third-order valence-corrected chi connectivity index (χ3v) is 2.86. The molecule has 106 valence electrons. The summed E-state index contributed by atoms with van der Waals surface area (Å²) in [6.07, 6.45) is 2.11. The number of hydrogen-bond donors (Lipinski definition) is 2. The van der Waals surface area contributed by atoms with Gasteiger partial charge < -0.3 is 9.84 Å². The van der Waals surface area contributed by atoms with Crippen molar-refractivity contribution in [2.45, 2.75) is 13.0 Å².